The van der Waals surface area contributed by atoms with Crippen LogP contribution in [0.4, 0.5) is 0 Å². The molecule has 0 aromatic heterocycles. The number of amides is 1. The van der Waals surface area contributed by atoms with Gasteiger partial charge in [-0.1, -0.05) is 6.42 Å². The first-order valence-electron chi connectivity index (χ1n) is 7.40. The highest BCUT2D eigenvalue weighted by molar-refractivity contribution is 9.10. The molecule has 3 atom stereocenters. The molecule has 3 unspecified atom stereocenters. The summed E-state index contributed by atoms with van der Waals surface area (Å²) in [5.41, 5.74) is 0.450. The van der Waals surface area contributed by atoms with Crippen LogP contribution in [-0.2, 0) is 4.79 Å². The SMILES string of the molecule is COc1ccc(Br)c(C(=O)N2CC3CCCC3C2C(=O)O)c1. The fourth-order valence-corrected chi connectivity index (χ4v) is 4.20. The number of methoxy groups -OCH3 is 1. The van der Waals surface area contributed by atoms with Gasteiger partial charge in [0.1, 0.15) is 11.8 Å². The Bertz CT molecular complexity index is 618. The predicted octanol–water partition coefficient (Wildman–Crippen LogP) is 2.78. The molecule has 2 fully saturated rings. The van der Waals surface area contributed by atoms with Gasteiger partial charge in [-0.15, -0.1) is 0 Å². The molecule has 1 aliphatic heterocycles. The molecule has 1 heterocycles. The highest BCUT2D eigenvalue weighted by atomic mass is 79.9. The summed E-state index contributed by atoms with van der Waals surface area (Å²) in [6.07, 6.45) is 2.96. The molecule has 3 rings (SSSR count). The Hall–Kier alpha value is -1.56. The van der Waals surface area contributed by atoms with E-state index in [-0.39, 0.29) is 11.8 Å². The molecule has 0 bridgehead atoms. The molecule has 1 amide bonds. The normalized spacial score (nSPS) is 26.8. The number of rotatable bonds is 3. The Morgan fingerprint density at radius 2 is 2.14 bits per heavy atom. The van der Waals surface area contributed by atoms with Gasteiger partial charge in [-0.25, -0.2) is 4.79 Å². The number of carboxylic acids is 1. The van der Waals surface area contributed by atoms with E-state index < -0.39 is 12.0 Å². The van der Waals surface area contributed by atoms with Crippen molar-refractivity contribution in [3.8, 4) is 5.75 Å². The van der Waals surface area contributed by atoms with Crippen molar-refractivity contribution in [3.63, 3.8) is 0 Å². The van der Waals surface area contributed by atoms with Crippen LogP contribution in [0.3, 0.4) is 0 Å². The van der Waals surface area contributed by atoms with Crippen molar-refractivity contribution in [2.45, 2.75) is 25.3 Å². The number of carbonyl (C=O) groups is 2. The second kappa shape index (κ2) is 5.91. The summed E-state index contributed by atoms with van der Waals surface area (Å²) in [6, 6.07) is 4.45. The molecule has 2 aliphatic rings. The van der Waals surface area contributed by atoms with Gasteiger partial charge in [-0.3, -0.25) is 4.79 Å². The van der Waals surface area contributed by atoms with E-state index in [0.717, 1.165) is 19.3 Å². The van der Waals surface area contributed by atoms with Gasteiger partial charge in [0, 0.05) is 11.0 Å². The molecule has 118 valence electrons. The van der Waals surface area contributed by atoms with Crippen LogP contribution in [0.15, 0.2) is 22.7 Å². The molecule has 1 saturated carbocycles. The molecule has 0 radical (unpaired) electrons. The fourth-order valence-electron chi connectivity index (χ4n) is 3.78. The second-order valence-electron chi connectivity index (χ2n) is 5.94. The zero-order valence-corrected chi connectivity index (χ0v) is 13.9. The number of likely N-dealkylation sites (tertiary alicyclic amines) is 1. The van der Waals surface area contributed by atoms with Crippen molar-refractivity contribution in [1.29, 1.82) is 0 Å². The first-order valence-corrected chi connectivity index (χ1v) is 8.19. The molecule has 0 spiro atoms. The lowest BCUT2D eigenvalue weighted by Crippen LogP contribution is -2.43. The summed E-state index contributed by atoms with van der Waals surface area (Å²) in [5.74, 6) is -0.160. The van der Waals surface area contributed by atoms with Crippen molar-refractivity contribution in [3.05, 3.63) is 28.2 Å². The molecule has 1 N–H and O–H groups in total. The largest absolute Gasteiger partial charge is 0.497 e. The van der Waals surface area contributed by atoms with Gasteiger partial charge >= 0.3 is 5.97 Å². The quantitative estimate of drug-likeness (QED) is 0.891. The zero-order chi connectivity index (χ0) is 15.9. The van der Waals surface area contributed by atoms with E-state index in [4.69, 9.17) is 4.74 Å². The van der Waals surface area contributed by atoms with Crippen LogP contribution in [0.5, 0.6) is 5.75 Å². The summed E-state index contributed by atoms with van der Waals surface area (Å²) in [4.78, 5) is 26.1. The van der Waals surface area contributed by atoms with Crippen LogP contribution in [0.25, 0.3) is 0 Å². The molecular weight excluding hydrogens is 350 g/mol. The summed E-state index contributed by atoms with van der Waals surface area (Å²) < 4.78 is 5.82. The van der Waals surface area contributed by atoms with E-state index in [1.54, 1.807) is 18.2 Å². The Labute approximate surface area is 137 Å². The third-order valence-electron chi connectivity index (χ3n) is 4.81. The van der Waals surface area contributed by atoms with Gasteiger partial charge in [0.2, 0.25) is 0 Å². The van der Waals surface area contributed by atoms with E-state index in [0.29, 0.717) is 28.2 Å². The molecule has 1 aromatic rings. The van der Waals surface area contributed by atoms with E-state index in [1.807, 2.05) is 0 Å². The zero-order valence-electron chi connectivity index (χ0n) is 12.3. The average Bonchev–Trinajstić information content (AvgIpc) is 3.06. The van der Waals surface area contributed by atoms with E-state index >= 15 is 0 Å². The van der Waals surface area contributed by atoms with Gasteiger partial charge in [0.25, 0.3) is 5.91 Å². The maximum Gasteiger partial charge on any atom is 0.326 e. The first kappa shape index (κ1) is 15.3. The molecule has 1 aliphatic carbocycles. The second-order valence-corrected chi connectivity index (χ2v) is 6.80. The number of ether oxygens (including phenoxy) is 1. The van der Waals surface area contributed by atoms with Gasteiger partial charge in [-0.05, 0) is 58.8 Å². The fraction of sp³-hybridized carbons (Fsp3) is 0.500. The summed E-state index contributed by atoms with van der Waals surface area (Å²) in [5, 5.41) is 9.57. The topological polar surface area (TPSA) is 66.8 Å². The third-order valence-corrected chi connectivity index (χ3v) is 5.50. The molecule has 1 saturated heterocycles. The van der Waals surface area contributed by atoms with Crippen LogP contribution < -0.4 is 4.74 Å². The summed E-state index contributed by atoms with van der Waals surface area (Å²) >= 11 is 3.38. The number of halogens is 1. The number of hydrogen-bond donors (Lipinski definition) is 1. The number of aliphatic carboxylic acids is 1. The molecular formula is C16H18BrNO4. The molecule has 5 nitrogen and oxygen atoms in total. The minimum absolute atomic E-state index is 0.0887. The lowest BCUT2D eigenvalue weighted by molar-refractivity contribution is -0.142. The number of hydrogen-bond acceptors (Lipinski definition) is 3. The highest BCUT2D eigenvalue weighted by Gasteiger charge is 2.49. The van der Waals surface area contributed by atoms with Crippen LogP contribution in [0.2, 0.25) is 0 Å². The molecule has 1 aromatic carbocycles. The average molecular weight is 368 g/mol. The Balaban J connectivity index is 1.93. The highest BCUT2D eigenvalue weighted by Crippen LogP contribution is 2.43. The summed E-state index contributed by atoms with van der Waals surface area (Å²) in [7, 11) is 1.54. The van der Waals surface area contributed by atoms with Gasteiger partial charge in [0.05, 0.1) is 12.7 Å². The van der Waals surface area contributed by atoms with Crippen LogP contribution in [-0.4, -0.2) is 41.6 Å². The van der Waals surface area contributed by atoms with Crippen LogP contribution in [0.1, 0.15) is 29.6 Å². The number of nitrogens with zero attached hydrogens (tertiary/aromatic N) is 1. The van der Waals surface area contributed by atoms with Crippen LogP contribution in [0, 0.1) is 11.8 Å². The smallest absolute Gasteiger partial charge is 0.326 e. The number of fused-ring (bicyclic) bond motifs is 1. The monoisotopic (exact) mass is 367 g/mol. The standard InChI is InChI=1S/C16H18BrNO4/c1-22-10-5-6-13(17)12(7-10)15(19)18-8-9-3-2-4-11(9)14(18)16(20)21/h5-7,9,11,14H,2-4,8H2,1H3,(H,20,21). The Kier molecular flexibility index (Phi) is 4.12. The van der Waals surface area contributed by atoms with Crippen molar-refractivity contribution in [2.24, 2.45) is 11.8 Å². The Morgan fingerprint density at radius 3 is 2.82 bits per heavy atom. The number of carbonyl (C=O) groups excluding carboxylic acids is 1. The minimum Gasteiger partial charge on any atom is -0.497 e. The molecule has 22 heavy (non-hydrogen) atoms. The number of carboxylic acid groups (broad SMARTS) is 1. The van der Waals surface area contributed by atoms with Gasteiger partial charge in [-0.2, -0.15) is 0 Å². The van der Waals surface area contributed by atoms with E-state index in [2.05, 4.69) is 15.9 Å². The number of benzene rings is 1. The summed E-state index contributed by atoms with van der Waals surface area (Å²) in [6.45, 7) is 0.532. The molecule has 6 heteroatoms. The predicted molar refractivity (Wildman–Crippen MR) is 84.0 cm³/mol. The first-order chi connectivity index (χ1) is 10.5. The van der Waals surface area contributed by atoms with Crippen molar-refractivity contribution < 1.29 is 19.4 Å². The van der Waals surface area contributed by atoms with Gasteiger partial charge in [0.15, 0.2) is 0 Å². The maximum atomic E-state index is 12.9. The van der Waals surface area contributed by atoms with Crippen molar-refractivity contribution in [2.75, 3.05) is 13.7 Å². The lowest BCUT2D eigenvalue weighted by Gasteiger charge is -2.25. The van der Waals surface area contributed by atoms with Crippen molar-refractivity contribution >= 4 is 27.8 Å². The van der Waals surface area contributed by atoms with Crippen molar-refractivity contribution in [1.82, 2.24) is 4.90 Å². The third kappa shape index (κ3) is 2.49. The Morgan fingerprint density at radius 1 is 1.36 bits per heavy atom. The van der Waals surface area contributed by atoms with E-state index in [9.17, 15) is 14.7 Å². The minimum atomic E-state index is -0.901. The van der Waals surface area contributed by atoms with Crippen LogP contribution >= 0.6 is 15.9 Å². The van der Waals surface area contributed by atoms with Gasteiger partial charge < -0.3 is 14.7 Å². The maximum absolute atomic E-state index is 12.9. The van der Waals surface area contributed by atoms with E-state index in [1.165, 1.54) is 12.0 Å². The lowest BCUT2D eigenvalue weighted by atomic mass is 9.94.